The second-order valence-electron chi connectivity index (χ2n) is 5.10. The van der Waals surface area contributed by atoms with E-state index in [9.17, 15) is 0 Å². The van der Waals surface area contributed by atoms with Crippen LogP contribution in [0.1, 0.15) is 0 Å². The fourth-order valence-electron chi connectivity index (χ4n) is 2.38. The van der Waals surface area contributed by atoms with Crippen LogP contribution in [0, 0.1) is 0 Å². The minimum atomic E-state index is 0.614. The van der Waals surface area contributed by atoms with Gasteiger partial charge in [0.2, 0.25) is 0 Å². The Bertz CT molecular complexity index is 849. The van der Waals surface area contributed by atoms with Gasteiger partial charge in [-0.1, -0.05) is 0 Å². The standard InChI is InChI=1S/C18H13BN4/c1-3-8-14(9-4-1)16-20-17(15-10-5-2-6-11-15)22-18(21-16)23-13-7-12-19-23/h1-13H. The predicted octanol–water partition coefficient (Wildman–Crippen LogP) is 3.33. The molecule has 4 nitrogen and oxygen atoms in total. The van der Waals surface area contributed by atoms with Crippen LogP contribution in [0.4, 0.5) is 0 Å². The Labute approximate surface area is 134 Å². The molecule has 0 atom stereocenters. The Morgan fingerprint density at radius 3 is 1.70 bits per heavy atom. The van der Waals surface area contributed by atoms with Crippen LogP contribution in [0.2, 0.25) is 0 Å². The van der Waals surface area contributed by atoms with Crippen molar-refractivity contribution in [1.82, 2.24) is 19.4 Å². The second kappa shape index (κ2) is 5.97. The first kappa shape index (κ1) is 13.6. The van der Waals surface area contributed by atoms with E-state index < -0.39 is 0 Å². The Kier molecular flexibility index (Phi) is 3.52. The molecule has 4 aromatic rings. The topological polar surface area (TPSA) is 43.6 Å². The molecule has 0 saturated heterocycles. The molecule has 0 spiro atoms. The summed E-state index contributed by atoms with van der Waals surface area (Å²) in [5.41, 5.74) is 1.95. The number of aromatic nitrogens is 4. The van der Waals surface area contributed by atoms with Gasteiger partial charge < -0.3 is 0 Å². The van der Waals surface area contributed by atoms with Crippen molar-refractivity contribution in [3.8, 4) is 28.7 Å². The van der Waals surface area contributed by atoms with Gasteiger partial charge in [-0.05, 0) is 0 Å². The third-order valence-electron chi connectivity index (χ3n) is 3.52. The Morgan fingerprint density at radius 1 is 0.652 bits per heavy atom. The summed E-state index contributed by atoms with van der Waals surface area (Å²) in [4.78, 5) is 13.9. The quantitative estimate of drug-likeness (QED) is 0.582. The van der Waals surface area contributed by atoms with Crippen molar-refractivity contribution in [2.24, 2.45) is 0 Å². The zero-order chi connectivity index (χ0) is 15.5. The summed E-state index contributed by atoms with van der Waals surface area (Å²) in [5.74, 6) is 3.91. The Balaban J connectivity index is 1.91. The van der Waals surface area contributed by atoms with Crippen LogP contribution in [0.25, 0.3) is 28.7 Å². The fraction of sp³-hybridized carbons (Fsp3) is 0. The Morgan fingerprint density at radius 2 is 1.22 bits per heavy atom. The van der Waals surface area contributed by atoms with Crippen LogP contribution in [0.15, 0.2) is 78.9 Å². The van der Waals surface area contributed by atoms with Crippen molar-refractivity contribution in [2.75, 3.05) is 0 Å². The molecule has 5 heteroatoms. The van der Waals surface area contributed by atoms with Crippen LogP contribution < -0.4 is 0 Å². The van der Waals surface area contributed by atoms with E-state index in [1.807, 2.05) is 90.4 Å². The molecule has 0 aliphatic rings. The predicted molar refractivity (Wildman–Crippen MR) is 91.4 cm³/mol. The van der Waals surface area contributed by atoms with Gasteiger partial charge in [-0.15, -0.1) is 0 Å². The van der Waals surface area contributed by atoms with Gasteiger partial charge in [0, 0.05) is 0 Å². The van der Waals surface area contributed by atoms with E-state index >= 15 is 0 Å². The van der Waals surface area contributed by atoms with Crippen molar-refractivity contribution in [3.63, 3.8) is 0 Å². The maximum absolute atomic E-state index is 4.65. The summed E-state index contributed by atoms with van der Waals surface area (Å²) in [5, 5.41) is 0. The molecular weight excluding hydrogens is 283 g/mol. The Hall–Kier alpha value is -3.08. The van der Waals surface area contributed by atoms with E-state index in [0.29, 0.717) is 17.6 Å². The molecule has 108 valence electrons. The monoisotopic (exact) mass is 296 g/mol. The molecule has 0 radical (unpaired) electrons. The van der Waals surface area contributed by atoms with Crippen LogP contribution >= 0.6 is 0 Å². The molecule has 2 heterocycles. The molecule has 4 rings (SSSR count). The van der Waals surface area contributed by atoms with E-state index in [0.717, 1.165) is 11.1 Å². The summed E-state index contributed by atoms with van der Waals surface area (Å²) in [6.07, 6.45) is 1.93. The number of hydrogen-bond acceptors (Lipinski definition) is 3. The molecule has 0 unspecified atom stereocenters. The van der Waals surface area contributed by atoms with Crippen molar-refractivity contribution in [1.29, 1.82) is 0 Å². The first-order valence-corrected chi connectivity index (χ1v) is 7.40. The van der Waals surface area contributed by atoms with Gasteiger partial charge in [-0.2, -0.15) is 0 Å². The molecule has 2 aromatic heterocycles. The van der Waals surface area contributed by atoms with Gasteiger partial charge in [0.05, 0.1) is 0 Å². The summed E-state index contributed by atoms with van der Waals surface area (Å²) in [7, 11) is 1.93. The van der Waals surface area contributed by atoms with Crippen LogP contribution in [-0.4, -0.2) is 26.5 Å². The zero-order valence-electron chi connectivity index (χ0n) is 12.4. The molecular formula is C18H13BN4. The third-order valence-corrected chi connectivity index (χ3v) is 3.52. The first-order chi connectivity index (χ1) is 11.4. The van der Waals surface area contributed by atoms with Gasteiger partial charge in [0.25, 0.3) is 0 Å². The van der Waals surface area contributed by atoms with E-state index in [1.165, 1.54) is 0 Å². The molecule has 0 saturated carbocycles. The maximum atomic E-state index is 4.65. The van der Waals surface area contributed by atoms with Crippen molar-refractivity contribution in [2.45, 2.75) is 0 Å². The molecule has 23 heavy (non-hydrogen) atoms. The number of hydrogen-bond donors (Lipinski definition) is 0. The third kappa shape index (κ3) is 2.81. The SMILES string of the molecule is b1cccn1-c1nc(-c2ccccc2)nc(-c2ccccc2)n1. The average Bonchev–Trinajstić information content (AvgIpc) is 3.18. The molecule has 0 bridgehead atoms. The summed E-state index contributed by atoms with van der Waals surface area (Å²) < 4.78 is 1.89. The second-order valence-corrected chi connectivity index (χ2v) is 5.10. The van der Waals surface area contributed by atoms with Crippen LogP contribution in [0.3, 0.4) is 0 Å². The average molecular weight is 296 g/mol. The normalized spacial score (nSPS) is 10.4. The molecule has 0 amide bonds. The minimum absolute atomic E-state index is 0.614. The van der Waals surface area contributed by atoms with Gasteiger partial charge in [-0.3, -0.25) is 0 Å². The summed E-state index contributed by atoms with van der Waals surface area (Å²) in [6, 6.07) is 21.9. The van der Waals surface area contributed by atoms with E-state index in [4.69, 9.17) is 0 Å². The summed E-state index contributed by atoms with van der Waals surface area (Å²) >= 11 is 0. The van der Waals surface area contributed by atoms with E-state index in [1.54, 1.807) is 0 Å². The van der Waals surface area contributed by atoms with E-state index in [2.05, 4.69) is 15.0 Å². The van der Waals surface area contributed by atoms with Gasteiger partial charge in [0.15, 0.2) is 0 Å². The molecule has 0 aliphatic carbocycles. The zero-order valence-corrected chi connectivity index (χ0v) is 12.4. The first-order valence-electron chi connectivity index (χ1n) is 7.40. The molecule has 0 fully saturated rings. The molecule has 0 aliphatic heterocycles. The number of benzene rings is 2. The van der Waals surface area contributed by atoms with Crippen molar-refractivity contribution >= 4 is 7.05 Å². The van der Waals surface area contributed by atoms with Crippen LogP contribution in [0.5, 0.6) is 0 Å². The summed E-state index contributed by atoms with van der Waals surface area (Å²) in [6.45, 7) is 0. The van der Waals surface area contributed by atoms with Crippen LogP contribution in [-0.2, 0) is 0 Å². The molecule has 0 N–H and O–H groups in total. The van der Waals surface area contributed by atoms with Gasteiger partial charge >= 0.3 is 134 Å². The van der Waals surface area contributed by atoms with Crippen molar-refractivity contribution < 1.29 is 0 Å². The fourth-order valence-corrected chi connectivity index (χ4v) is 2.38. The molecule has 2 aromatic carbocycles. The van der Waals surface area contributed by atoms with Gasteiger partial charge in [-0.25, -0.2) is 0 Å². The number of rotatable bonds is 3. The van der Waals surface area contributed by atoms with Gasteiger partial charge in [0.1, 0.15) is 0 Å². The van der Waals surface area contributed by atoms with Crippen molar-refractivity contribution in [3.05, 3.63) is 78.9 Å². The van der Waals surface area contributed by atoms with E-state index in [-0.39, 0.29) is 0 Å². The number of nitrogens with zero attached hydrogens (tertiary/aromatic N) is 4.